The first kappa shape index (κ1) is 21.7. The number of benzene rings is 1. The maximum absolute atomic E-state index is 12.5. The van der Waals surface area contributed by atoms with Crippen LogP contribution in [0.15, 0.2) is 35.7 Å². The smallest absolute Gasteiger partial charge is 0.464 e. The third-order valence-electron chi connectivity index (χ3n) is 3.74. The fourth-order valence-electron chi connectivity index (χ4n) is 2.40. The number of halogens is 3. The number of thiophene rings is 1. The lowest BCUT2D eigenvalue weighted by Crippen LogP contribution is -2.45. The molecule has 1 N–H and O–H groups in total. The van der Waals surface area contributed by atoms with Crippen molar-refractivity contribution in [3.8, 4) is 16.9 Å². The first-order chi connectivity index (χ1) is 13.1. The molecule has 0 spiro atoms. The van der Waals surface area contributed by atoms with Gasteiger partial charge in [0.15, 0.2) is 0 Å². The molecule has 1 amide bonds. The number of hydrogen-bond donors (Lipinski definition) is 1. The van der Waals surface area contributed by atoms with Crippen LogP contribution < -0.4 is 10.1 Å². The summed E-state index contributed by atoms with van der Waals surface area (Å²) in [5, 5.41) is 4.38. The molecule has 2 rings (SSSR count). The summed E-state index contributed by atoms with van der Waals surface area (Å²) in [6.07, 6.45) is -4.75. The number of hydrogen-bond acceptors (Lipinski definition) is 5. The van der Waals surface area contributed by atoms with E-state index in [1.165, 1.54) is 35.6 Å². The lowest BCUT2D eigenvalue weighted by atomic mass is 10.0. The normalized spacial score (nSPS) is 12.5. The highest BCUT2D eigenvalue weighted by molar-refractivity contribution is 7.12. The summed E-state index contributed by atoms with van der Waals surface area (Å²) >= 11 is 1.17. The molecule has 28 heavy (non-hydrogen) atoms. The fourth-order valence-corrected chi connectivity index (χ4v) is 3.22. The number of carbonyl (C=O) groups is 2. The molecule has 1 aromatic heterocycles. The SMILES string of the molecule is CCOC(=O)[C@@H](NC(=O)c1cc(-c2ccc(OC(F)(F)F)cc2)cs1)C(C)C. The van der Waals surface area contributed by atoms with Crippen LogP contribution in [-0.4, -0.2) is 30.9 Å². The molecule has 0 aliphatic heterocycles. The Kier molecular flexibility index (Phi) is 7.06. The molecule has 0 aliphatic rings. The highest BCUT2D eigenvalue weighted by Crippen LogP contribution is 2.29. The molecule has 0 bridgehead atoms. The standard InChI is InChI=1S/C19H20F3NO4S/c1-4-26-18(25)16(11(2)3)23-17(24)15-9-13(10-28-15)12-5-7-14(8-6-12)27-19(20,21)22/h5-11,16H,4H2,1-3H3,(H,23,24)/t16-/m0/s1. The van der Waals surface area contributed by atoms with Crippen LogP contribution in [0.25, 0.3) is 11.1 Å². The highest BCUT2D eigenvalue weighted by Gasteiger charge is 2.31. The second-order valence-electron chi connectivity index (χ2n) is 6.22. The van der Waals surface area contributed by atoms with Gasteiger partial charge in [0.1, 0.15) is 11.8 Å². The molecule has 5 nitrogen and oxygen atoms in total. The zero-order valence-corrected chi connectivity index (χ0v) is 16.3. The van der Waals surface area contributed by atoms with Gasteiger partial charge in [0.2, 0.25) is 0 Å². The van der Waals surface area contributed by atoms with E-state index in [2.05, 4.69) is 10.1 Å². The van der Waals surface area contributed by atoms with Crippen molar-refractivity contribution < 1.29 is 32.2 Å². The average Bonchev–Trinajstić information content (AvgIpc) is 3.08. The van der Waals surface area contributed by atoms with E-state index in [9.17, 15) is 22.8 Å². The lowest BCUT2D eigenvalue weighted by Gasteiger charge is -2.20. The molecule has 2 aromatic rings. The fraction of sp³-hybridized carbons (Fsp3) is 0.368. The molecule has 1 heterocycles. The van der Waals surface area contributed by atoms with Crippen molar-refractivity contribution in [2.45, 2.75) is 33.2 Å². The predicted octanol–water partition coefficient (Wildman–Crippen LogP) is 4.63. The molecule has 152 valence electrons. The van der Waals surface area contributed by atoms with Gasteiger partial charge >= 0.3 is 12.3 Å². The Labute approximate surface area is 164 Å². The van der Waals surface area contributed by atoms with Gasteiger partial charge in [0.05, 0.1) is 11.5 Å². The van der Waals surface area contributed by atoms with Gasteiger partial charge in [-0.05, 0) is 47.5 Å². The van der Waals surface area contributed by atoms with Gasteiger partial charge in [0.25, 0.3) is 5.91 Å². The number of esters is 1. The van der Waals surface area contributed by atoms with Crippen LogP contribution in [0.1, 0.15) is 30.4 Å². The molecule has 1 atom stereocenters. The Hall–Kier alpha value is -2.55. The van der Waals surface area contributed by atoms with Crippen molar-refractivity contribution in [2.75, 3.05) is 6.61 Å². The summed E-state index contributed by atoms with van der Waals surface area (Å²) in [5.41, 5.74) is 1.31. The van der Waals surface area contributed by atoms with Crippen molar-refractivity contribution in [3.05, 3.63) is 40.6 Å². The van der Waals surface area contributed by atoms with Gasteiger partial charge in [-0.1, -0.05) is 26.0 Å². The van der Waals surface area contributed by atoms with Gasteiger partial charge in [-0.2, -0.15) is 0 Å². The summed E-state index contributed by atoms with van der Waals surface area (Å²) in [6.45, 7) is 5.50. The van der Waals surface area contributed by atoms with E-state index in [4.69, 9.17) is 4.74 Å². The number of alkyl halides is 3. The van der Waals surface area contributed by atoms with E-state index < -0.39 is 24.3 Å². The average molecular weight is 415 g/mol. The van der Waals surface area contributed by atoms with Crippen molar-refractivity contribution in [1.82, 2.24) is 5.32 Å². The molecule has 0 fully saturated rings. The molecule has 0 unspecified atom stereocenters. The third-order valence-corrected chi connectivity index (χ3v) is 4.67. The number of ether oxygens (including phenoxy) is 2. The summed E-state index contributed by atoms with van der Waals surface area (Å²) in [7, 11) is 0. The van der Waals surface area contributed by atoms with E-state index in [-0.39, 0.29) is 18.3 Å². The Morgan fingerprint density at radius 1 is 1.14 bits per heavy atom. The van der Waals surface area contributed by atoms with Gasteiger partial charge in [-0.15, -0.1) is 24.5 Å². The van der Waals surface area contributed by atoms with Crippen molar-refractivity contribution in [3.63, 3.8) is 0 Å². The monoisotopic (exact) mass is 415 g/mol. The van der Waals surface area contributed by atoms with Crippen LogP contribution in [0.5, 0.6) is 5.75 Å². The predicted molar refractivity (Wildman–Crippen MR) is 99.2 cm³/mol. The molecule has 0 saturated heterocycles. The quantitative estimate of drug-likeness (QED) is 0.670. The molecule has 0 radical (unpaired) electrons. The number of rotatable bonds is 7. The Morgan fingerprint density at radius 3 is 2.32 bits per heavy atom. The van der Waals surface area contributed by atoms with Crippen LogP contribution in [0.4, 0.5) is 13.2 Å². The number of nitrogens with one attached hydrogen (secondary N) is 1. The molecule has 0 saturated carbocycles. The van der Waals surface area contributed by atoms with Crippen LogP contribution in [0.2, 0.25) is 0 Å². The van der Waals surface area contributed by atoms with Crippen molar-refractivity contribution in [1.29, 1.82) is 0 Å². The minimum Gasteiger partial charge on any atom is -0.464 e. The second kappa shape index (κ2) is 9.09. The second-order valence-corrected chi connectivity index (χ2v) is 7.13. The highest BCUT2D eigenvalue weighted by atomic mass is 32.1. The van der Waals surface area contributed by atoms with Crippen LogP contribution in [0, 0.1) is 5.92 Å². The molecule has 9 heteroatoms. The molecule has 1 aromatic carbocycles. The first-order valence-electron chi connectivity index (χ1n) is 8.53. The van der Waals surface area contributed by atoms with Crippen molar-refractivity contribution >= 4 is 23.2 Å². The third kappa shape index (κ3) is 5.98. The summed E-state index contributed by atoms with van der Waals surface area (Å²) < 4.78 is 45.5. The van der Waals surface area contributed by atoms with E-state index in [0.717, 1.165) is 0 Å². The first-order valence-corrected chi connectivity index (χ1v) is 9.41. The summed E-state index contributed by atoms with van der Waals surface area (Å²) in [5.74, 6) is -1.38. The largest absolute Gasteiger partial charge is 0.573 e. The summed E-state index contributed by atoms with van der Waals surface area (Å²) in [6, 6.07) is 6.20. The molecular formula is C19H20F3NO4S. The van der Waals surface area contributed by atoms with E-state index in [1.54, 1.807) is 32.2 Å². The minimum atomic E-state index is -4.75. The van der Waals surface area contributed by atoms with Gasteiger partial charge < -0.3 is 14.8 Å². The Morgan fingerprint density at radius 2 is 1.79 bits per heavy atom. The van der Waals surface area contributed by atoms with Crippen LogP contribution >= 0.6 is 11.3 Å². The number of amides is 1. The van der Waals surface area contributed by atoms with Crippen LogP contribution in [-0.2, 0) is 9.53 Å². The molecule has 0 aliphatic carbocycles. The van der Waals surface area contributed by atoms with Gasteiger partial charge in [-0.25, -0.2) is 4.79 Å². The maximum atomic E-state index is 12.5. The zero-order valence-electron chi connectivity index (χ0n) is 15.5. The Balaban J connectivity index is 2.10. The number of carbonyl (C=O) groups excluding carboxylic acids is 2. The van der Waals surface area contributed by atoms with E-state index >= 15 is 0 Å². The maximum Gasteiger partial charge on any atom is 0.573 e. The Bertz CT molecular complexity index is 815. The van der Waals surface area contributed by atoms with Gasteiger partial charge in [-0.3, -0.25) is 4.79 Å². The van der Waals surface area contributed by atoms with Gasteiger partial charge in [0, 0.05) is 0 Å². The zero-order chi connectivity index (χ0) is 20.9. The lowest BCUT2D eigenvalue weighted by molar-refractivity contribution is -0.274. The molecular weight excluding hydrogens is 395 g/mol. The topological polar surface area (TPSA) is 64.6 Å². The minimum absolute atomic E-state index is 0.149. The van der Waals surface area contributed by atoms with E-state index in [0.29, 0.717) is 16.0 Å². The van der Waals surface area contributed by atoms with Crippen molar-refractivity contribution in [2.24, 2.45) is 5.92 Å². The van der Waals surface area contributed by atoms with Crippen LogP contribution in [0.3, 0.4) is 0 Å². The summed E-state index contributed by atoms with van der Waals surface area (Å²) in [4.78, 5) is 24.8. The van der Waals surface area contributed by atoms with E-state index in [1.807, 2.05) is 0 Å².